The van der Waals surface area contributed by atoms with Crippen molar-refractivity contribution in [1.82, 2.24) is 10.3 Å². The van der Waals surface area contributed by atoms with Gasteiger partial charge in [-0.15, -0.1) is 22.7 Å². The maximum atomic E-state index is 13.7. The Kier molecular flexibility index (Phi) is 5.01. The van der Waals surface area contributed by atoms with Crippen molar-refractivity contribution in [3.8, 4) is 10.6 Å². The van der Waals surface area contributed by atoms with Crippen LogP contribution in [0.4, 0.5) is 18.9 Å². The molecule has 0 radical (unpaired) electrons. The average molecular weight is 433 g/mol. The molecule has 4 nitrogen and oxygen atoms in total. The number of amides is 1. The quantitative estimate of drug-likeness (QED) is 0.443. The van der Waals surface area contributed by atoms with E-state index < -0.39 is 17.6 Å². The van der Waals surface area contributed by atoms with Crippen LogP contribution in [-0.2, 0) is 12.7 Å². The summed E-state index contributed by atoms with van der Waals surface area (Å²) in [5.74, 6) is -0.528. The number of nitrogens with zero attached hydrogens (tertiary/aromatic N) is 1. The number of carbonyl (C=O) groups excluding carboxylic acids is 1. The summed E-state index contributed by atoms with van der Waals surface area (Å²) in [4.78, 5) is 17.7. The van der Waals surface area contributed by atoms with Gasteiger partial charge in [-0.3, -0.25) is 4.79 Å². The van der Waals surface area contributed by atoms with E-state index in [2.05, 4.69) is 10.3 Å². The van der Waals surface area contributed by atoms with E-state index in [9.17, 15) is 18.0 Å². The van der Waals surface area contributed by atoms with Crippen LogP contribution < -0.4 is 11.1 Å². The molecule has 0 atom stereocenters. The van der Waals surface area contributed by atoms with E-state index in [0.29, 0.717) is 4.88 Å². The molecule has 29 heavy (non-hydrogen) atoms. The molecule has 0 unspecified atom stereocenters. The maximum Gasteiger partial charge on any atom is 0.417 e. The lowest BCUT2D eigenvalue weighted by atomic mass is 10.1. The number of pyridine rings is 1. The second kappa shape index (κ2) is 7.49. The van der Waals surface area contributed by atoms with Gasteiger partial charge in [0.05, 0.1) is 21.8 Å². The van der Waals surface area contributed by atoms with Crippen molar-refractivity contribution in [2.45, 2.75) is 12.7 Å². The SMILES string of the molecule is Nc1c(C(=O)NCc2ccccc2)sc2nc(-c3cccs3)cc(C(F)(F)F)c12. The zero-order valence-corrected chi connectivity index (χ0v) is 16.4. The summed E-state index contributed by atoms with van der Waals surface area (Å²) in [7, 11) is 0. The van der Waals surface area contributed by atoms with Crippen LogP contribution in [0, 0.1) is 0 Å². The minimum Gasteiger partial charge on any atom is -0.397 e. The number of benzene rings is 1. The first-order chi connectivity index (χ1) is 13.8. The Bertz CT molecular complexity index is 1170. The van der Waals surface area contributed by atoms with Gasteiger partial charge in [0.15, 0.2) is 0 Å². The number of anilines is 1. The van der Waals surface area contributed by atoms with E-state index in [1.807, 2.05) is 30.3 Å². The predicted molar refractivity (Wildman–Crippen MR) is 110 cm³/mol. The molecule has 0 bridgehead atoms. The van der Waals surface area contributed by atoms with Crippen molar-refractivity contribution in [2.75, 3.05) is 5.73 Å². The Morgan fingerprint density at radius 2 is 1.90 bits per heavy atom. The second-order valence-electron chi connectivity index (χ2n) is 6.22. The number of nitrogen functional groups attached to an aromatic ring is 1. The highest BCUT2D eigenvalue weighted by molar-refractivity contribution is 7.21. The number of hydrogen-bond acceptors (Lipinski definition) is 5. The predicted octanol–water partition coefficient (Wildman–Crippen LogP) is 5.56. The zero-order valence-electron chi connectivity index (χ0n) is 14.8. The van der Waals surface area contributed by atoms with Crippen molar-refractivity contribution in [2.24, 2.45) is 0 Å². The number of aromatic nitrogens is 1. The first-order valence-corrected chi connectivity index (χ1v) is 10.2. The highest BCUT2D eigenvalue weighted by Crippen LogP contribution is 2.43. The monoisotopic (exact) mass is 433 g/mol. The molecule has 0 aliphatic carbocycles. The Hall–Kier alpha value is -2.91. The van der Waals surface area contributed by atoms with Gasteiger partial charge < -0.3 is 11.1 Å². The molecular weight excluding hydrogens is 419 g/mol. The first-order valence-electron chi connectivity index (χ1n) is 8.51. The molecule has 148 valence electrons. The van der Waals surface area contributed by atoms with E-state index in [0.717, 1.165) is 23.0 Å². The molecule has 3 N–H and O–H groups in total. The number of fused-ring (bicyclic) bond motifs is 1. The first kappa shape index (κ1) is 19.4. The molecular formula is C20H14F3N3OS2. The summed E-state index contributed by atoms with van der Waals surface area (Å²) in [5.41, 5.74) is 5.98. The summed E-state index contributed by atoms with van der Waals surface area (Å²) >= 11 is 2.16. The zero-order chi connectivity index (χ0) is 20.6. The fraction of sp³-hybridized carbons (Fsp3) is 0.100. The number of hydrogen-bond donors (Lipinski definition) is 2. The number of nitrogens with one attached hydrogen (secondary N) is 1. The largest absolute Gasteiger partial charge is 0.417 e. The number of thiophene rings is 2. The lowest BCUT2D eigenvalue weighted by molar-refractivity contribution is -0.136. The number of halogens is 3. The van der Waals surface area contributed by atoms with Crippen LogP contribution in [0.25, 0.3) is 20.8 Å². The van der Waals surface area contributed by atoms with Crippen LogP contribution >= 0.6 is 22.7 Å². The lowest BCUT2D eigenvalue weighted by Gasteiger charge is -2.10. The molecule has 0 spiro atoms. The van der Waals surface area contributed by atoms with Gasteiger partial charge in [0.1, 0.15) is 9.71 Å². The van der Waals surface area contributed by atoms with Crippen LogP contribution in [0.1, 0.15) is 20.8 Å². The standard InChI is InChI=1S/C20H14F3N3OS2/c21-20(22,23)12-9-13(14-7-4-8-28-14)26-19-15(12)16(24)17(29-19)18(27)25-10-11-5-2-1-3-6-11/h1-9H,10,24H2,(H,25,27). The van der Waals surface area contributed by atoms with Crippen LogP contribution in [0.2, 0.25) is 0 Å². The summed E-state index contributed by atoms with van der Waals surface area (Å²) in [6, 6.07) is 13.6. The molecule has 4 aromatic rings. The van der Waals surface area contributed by atoms with Gasteiger partial charge in [0, 0.05) is 11.9 Å². The Morgan fingerprint density at radius 1 is 1.14 bits per heavy atom. The van der Waals surface area contributed by atoms with Gasteiger partial charge in [0.2, 0.25) is 0 Å². The second-order valence-corrected chi connectivity index (χ2v) is 8.17. The average Bonchev–Trinajstić information content (AvgIpc) is 3.34. The number of carbonyl (C=O) groups is 1. The topological polar surface area (TPSA) is 68.0 Å². The summed E-state index contributed by atoms with van der Waals surface area (Å²) in [6.07, 6.45) is -4.62. The summed E-state index contributed by atoms with van der Waals surface area (Å²) < 4.78 is 41.2. The van der Waals surface area contributed by atoms with Crippen LogP contribution in [0.3, 0.4) is 0 Å². The van der Waals surface area contributed by atoms with Gasteiger partial charge in [-0.1, -0.05) is 36.4 Å². The highest BCUT2D eigenvalue weighted by Gasteiger charge is 2.36. The molecule has 9 heteroatoms. The van der Waals surface area contributed by atoms with Crippen molar-refractivity contribution >= 4 is 44.5 Å². The lowest BCUT2D eigenvalue weighted by Crippen LogP contribution is -2.22. The Morgan fingerprint density at radius 3 is 2.55 bits per heavy atom. The van der Waals surface area contributed by atoms with E-state index >= 15 is 0 Å². The molecule has 3 heterocycles. The number of nitrogens with two attached hydrogens (primary N) is 1. The number of alkyl halides is 3. The number of rotatable bonds is 4. The molecule has 4 rings (SSSR count). The highest BCUT2D eigenvalue weighted by atomic mass is 32.1. The van der Waals surface area contributed by atoms with E-state index in [4.69, 9.17) is 5.73 Å². The van der Waals surface area contributed by atoms with Gasteiger partial charge in [0.25, 0.3) is 5.91 Å². The molecule has 1 aromatic carbocycles. The third kappa shape index (κ3) is 3.83. The van der Waals surface area contributed by atoms with Crippen molar-refractivity contribution in [3.63, 3.8) is 0 Å². The van der Waals surface area contributed by atoms with Gasteiger partial charge in [-0.2, -0.15) is 13.2 Å². The Balaban J connectivity index is 1.76. The van der Waals surface area contributed by atoms with Crippen molar-refractivity contribution in [3.05, 3.63) is 69.9 Å². The molecule has 0 aliphatic heterocycles. The molecule has 0 saturated carbocycles. The minimum atomic E-state index is -4.62. The fourth-order valence-corrected chi connectivity index (χ4v) is 4.64. The molecule has 3 aromatic heterocycles. The van der Waals surface area contributed by atoms with Gasteiger partial charge in [-0.05, 0) is 23.1 Å². The van der Waals surface area contributed by atoms with E-state index in [1.54, 1.807) is 17.5 Å². The molecule has 0 fully saturated rings. The van der Waals surface area contributed by atoms with Crippen LogP contribution in [0.5, 0.6) is 0 Å². The van der Waals surface area contributed by atoms with Crippen LogP contribution in [-0.4, -0.2) is 10.9 Å². The normalized spacial score (nSPS) is 11.7. The van der Waals surface area contributed by atoms with E-state index in [-0.39, 0.29) is 33.0 Å². The maximum absolute atomic E-state index is 13.7. The van der Waals surface area contributed by atoms with E-state index in [1.165, 1.54) is 11.3 Å². The van der Waals surface area contributed by atoms with Crippen molar-refractivity contribution in [1.29, 1.82) is 0 Å². The van der Waals surface area contributed by atoms with Crippen molar-refractivity contribution < 1.29 is 18.0 Å². The summed E-state index contributed by atoms with van der Waals surface area (Å²) in [6.45, 7) is 0.243. The third-order valence-corrected chi connectivity index (χ3v) is 6.27. The fourth-order valence-electron chi connectivity index (χ4n) is 2.92. The smallest absolute Gasteiger partial charge is 0.397 e. The van der Waals surface area contributed by atoms with Gasteiger partial charge in [-0.25, -0.2) is 4.98 Å². The molecule has 1 amide bonds. The molecule has 0 saturated heterocycles. The van der Waals surface area contributed by atoms with Crippen LogP contribution in [0.15, 0.2) is 53.9 Å². The third-order valence-electron chi connectivity index (χ3n) is 4.28. The summed E-state index contributed by atoms with van der Waals surface area (Å²) in [5, 5.41) is 4.24. The molecule has 0 aliphatic rings. The van der Waals surface area contributed by atoms with Gasteiger partial charge >= 0.3 is 6.18 Å². The minimum absolute atomic E-state index is 0.0252. The Labute approximate surface area is 171 Å².